The fourth-order valence-electron chi connectivity index (χ4n) is 1.85. The van der Waals surface area contributed by atoms with Gasteiger partial charge >= 0.3 is 0 Å². The van der Waals surface area contributed by atoms with E-state index >= 15 is 0 Å². The molecule has 5 heteroatoms. The Morgan fingerprint density at radius 1 is 1.50 bits per heavy atom. The zero-order chi connectivity index (χ0) is 14.4. The summed E-state index contributed by atoms with van der Waals surface area (Å²) in [6.07, 6.45) is 4.77. The minimum Gasteiger partial charge on any atom is -0.475 e. The van der Waals surface area contributed by atoms with Gasteiger partial charge < -0.3 is 15.4 Å². The van der Waals surface area contributed by atoms with Crippen LogP contribution in [-0.4, -0.2) is 29.6 Å². The summed E-state index contributed by atoms with van der Waals surface area (Å²) in [5, 5.41) is 6.23. The van der Waals surface area contributed by atoms with Crippen LogP contribution in [0.4, 0.5) is 0 Å². The number of amides is 1. The molecule has 1 heterocycles. The Morgan fingerprint density at radius 3 is 3.00 bits per heavy atom. The van der Waals surface area contributed by atoms with Gasteiger partial charge in [0, 0.05) is 37.3 Å². The van der Waals surface area contributed by atoms with Crippen molar-refractivity contribution in [3.05, 3.63) is 23.9 Å². The molecular weight excluding hydrogens is 254 g/mol. The smallest absolute Gasteiger partial charge is 0.221 e. The maximum Gasteiger partial charge on any atom is 0.221 e. The van der Waals surface area contributed by atoms with Crippen molar-refractivity contribution in [1.82, 2.24) is 15.6 Å². The van der Waals surface area contributed by atoms with Crippen LogP contribution in [0.1, 0.15) is 38.7 Å². The zero-order valence-electron chi connectivity index (χ0n) is 12.2. The third-order valence-corrected chi connectivity index (χ3v) is 3.04. The molecule has 5 nitrogen and oxygen atoms in total. The second kappa shape index (κ2) is 7.24. The standard InChI is InChI=1S/C15H23N3O2/c1-11(2)20-15-12(4-3-8-17-15)10-18-14(19)7-9-16-13-5-6-13/h3-4,8,11,13,16H,5-7,9-10H2,1-2H3,(H,18,19). The van der Waals surface area contributed by atoms with Gasteiger partial charge in [-0.05, 0) is 32.8 Å². The van der Waals surface area contributed by atoms with E-state index in [2.05, 4.69) is 15.6 Å². The molecule has 2 rings (SSSR count). The van der Waals surface area contributed by atoms with Gasteiger partial charge in [0.1, 0.15) is 0 Å². The van der Waals surface area contributed by atoms with Crippen molar-refractivity contribution in [2.75, 3.05) is 6.54 Å². The molecule has 0 radical (unpaired) electrons. The SMILES string of the molecule is CC(C)Oc1ncccc1CNC(=O)CCNC1CC1. The van der Waals surface area contributed by atoms with E-state index < -0.39 is 0 Å². The summed E-state index contributed by atoms with van der Waals surface area (Å²) >= 11 is 0. The molecule has 1 aliphatic carbocycles. The summed E-state index contributed by atoms with van der Waals surface area (Å²) in [5.74, 6) is 0.649. The molecule has 110 valence electrons. The van der Waals surface area contributed by atoms with Crippen LogP contribution in [-0.2, 0) is 11.3 Å². The van der Waals surface area contributed by atoms with Gasteiger partial charge in [-0.15, -0.1) is 0 Å². The number of carbonyl (C=O) groups excluding carboxylic acids is 1. The van der Waals surface area contributed by atoms with Crippen LogP contribution in [0.15, 0.2) is 18.3 Å². The van der Waals surface area contributed by atoms with Gasteiger partial charge in [0.15, 0.2) is 0 Å². The van der Waals surface area contributed by atoms with Gasteiger partial charge in [-0.25, -0.2) is 4.98 Å². The van der Waals surface area contributed by atoms with E-state index in [1.165, 1.54) is 12.8 Å². The monoisotopic (exact) mass is 277 g/mol. The summed E-state index contributed by atoms with van der Waals surface area (Å²) in [4.78, 5) is 15.9. The molecule has 1 aromatic rings. The quantitative estimate of drug-likeness (QED) is 0.758. The third-order valence-electron chi connectivity index (χ3n) is 3.04. The molecule has 0 atom stereocenters. The van der Waals surface area contributed by atoms with Crippen molar-refractivity contribution in [3.8, 4) is 5.88 Å². The lowest BCUT2D eigenvalue weighted by Gasteiger charge is -2.13. The first-order valence-electron chi connectivity index (χ1n) is 7.26. The van der Waals surface area contributed by atoms with Gasteiger partial charge in [0.05, 0.1) is 6.10 Å². The lowest BCUT2D eigenvalue weighted by Crippen LogP contribution is -2.28. The molecular formula is C15H23N3O2. The minimum absolute atomic E-state index is 0.0532. The molecule has 0 spiro atoms. The Bertz CT molecular complexity index is 444. The Balaban J connectivity index is 1.75. The molecule has 0 saturated heterocycles. The topological polar surface area (TPSA) is 63.2 Å². The lowest BCUT2D eigenvalue weighted by atomic mass is 10.2. The molecule has 20 heavy (non-hydrogen) atoms. The number of carbonyl (C=O) groups is 1. The molecule has 1 aromatic heterocycles. The van der Waals surface area contributed by atoms with Crippen LogP contribution >= 0.6 is 0 Å². The highest BCUT2D eigenvalue weighted by Crippen LogP contribution is 2.18. The van der Waals surface area contributed by atoms with Crippen LogP contribution in [0.5, 0.6) is 5.88 Å². The first kappa shape index (κ1) is 14.8. The number of hydrogen-bond acceptors (Lipinski definition) is 4. The van der Waals surface area contributed by atoms with Gasteiger partial charge in [0.2, 0.25) is 11.8 Å². The van der Waals surface area contributed by atoms with Crippen LogP contribution < -0.4 is 15.4 Å². The fraction of sp³-hybridized carbons (Fsp3) is 0.600. The number of aromatic nitrogens is 1. The second-order valence-electron chi connectivity index (χ2n) is 5.39. The number of ether oxygens (including phenoxy) is 1. The third kappa shape index (κ3) is 5.17. The van der Waals surface area contributed by atoms with Crippen molar-refractivity contribution in [2.24, 2.45) is 0 Å². The molecule has 1 amide bonds. The zero-order valence-corrected chi connectivity index (χ0v) is 12.2. The van der Waals surface area contributed by atoms with Crippen molar-refractivity contribution < 1.29 is 9.53 Å². The van der Waals surface area contributed by atoms with Gasteiger partial charge in [-0.1, -0.05) is 6.07 Å². The highest BCUT2D eigenvalue weighted by Gasteiger charge is 2.20. The fourth-order valence-corrected chi connectivity index (χ4v) is 1.85. The first-order chi connectivity index (χ1) is 9.65. The van der Waals surface area contributed by atoms with Crippen LogP contribution in [0.2, 0.25) is 0 Å². The minimum atomic E-state index is 0.0532. The van der Waals surface area contributed by atoms with E-state index in [9.17, 15) is 4.79 Å². The molecule has 0 bridgehead atoms. The van der Waals surface area contributed by atoms with E-state index in [1.807, 2.05) is 26.0 Å². The summed E-state index contributed by atoms with van der Waals surface area (Å²) in [6, 6.07) is 4.42. The number of nitrogens with one attached hydrogen (secondary N) is 2. The van der Waals surface area contributed by atoms with Crippen LogP contribution in [0.25, 0.3) is 0 Å². The maximum atomic E-state index is 11.7. The highest BCUT2D eigenvalue weighted by atomic mass is 16.5. The summed E-state index contributed by atoms with van der Waals surface area (Å²) in [5.41, 5.74) is 0.907. The lowest BCUT2D eigenvalue weighted by molar-refractivity contribution is -0.121. The second-order valence-corrected chi connectivity index (χ2v) is 5.39. The number of rotatable bonds is 8. The molecule has 0 aromatic carbocycles. The summed E-state index contributed by atoms with van der Waals surface area (Å²) in [7, 11) is 0. The molecule has 0 aliphatic heterocycles. The average molecular weight is 277 g/mol. The van der Waals surface area contributed by atoms with E-state index in [1.54, 1.807) is 6.20 Å². The van der Waals surface area contributed by atoms with Crippen molar-refractivity contribution in [1.29, 1.82) is 0 Å². The van der Waals surface area contributed by atoms with Crippen molar-refractivity contribution >= 4 is 5.91 Å². The normalized spacial score (nSPS) is 14.3. The Kier molecular flexibility index (Phi) is 5.35. The van der Waals surface area contributed by atoms with Gasteiger partial charge in [-0.2, -0.15) is 0 Å². The number of nitrogens with zero attached hydrogens (tertiary/aromatic N) is 1. The molecule has 1 aliphatic rings. The maximum absolute atomic E-state index is 11.7. The predicted octanol–water partition coefficient (Wildman–Crippen LogP) is 1.63. The Morgan fingerprint density at radius 2 is 2.30 bits per heavy atom. The van der Waals surface area contributed by atoms with Gasteiger partial charge in [-0.3, -0.25) is 4.79 Å². The average Bonchev–Trinajstić information content (AvgIpc) is 3.21. The predicted molar refractivity (Wildman–Crippen MR) is 77.5 cm³/mol. The van der Waals surface area contributed by atoms with Crippen LogP contribution in [0, 0.1) is 0 Å². The number of hydrogen-bond donors (Lipinski definition) is 2. The summed E-state index contributed by atoms with van der Waals surface area (Å²) in [6.45, 7) is 5.12. The Hall–Kier alpha value is -1.62. The van der Waals surface area contributed by atoms with E-state index in [0.29, 0.717) is 24.9 Å². The molecule has 2 N–H and O–H groups in total. The van der Waals surface area contributed by atoms with Gasteiger partial charge in [0.25, 0.3) is 0 Å². The first-order valence-corrected chi connectivity index (χ1v) is 7.26. The number of pyridine rings is 1. The van der Waals surface area contributed by atoms with Crippen molar-refractivity contribution in [3.63, 3.8) is 0 Å². The van der Waals surface area contributed by atoms with E-state index in [-0.39, 0.29) is 12.0 Å². The van der Waals surface area contributed by atoms with E-state index in [4.69, 9.17) is 4.74 Å². The largest absolute Gasteiger partial charge is 0.475 e. The highest BCUT2D eigenvalue weighted by molar-refractivity contribution is 5.76. The van der Waals surface area contributed by atoms with E-state index in [0.717, 1.165) is 12.1 Å². The summed E-state index contributed by atoms with van der Waals surface area (Å²) < 4.78 is 5.62. The Labute approximate surface area is 120 Å². The molecule has 1 saturated carbocycles. The van der Waals surface area contributed by atoms with Crippen LogP contribution in [0.3, 0.4) is 0 Å². The van der Waals surface area contributed by atoms with Crippen molar-refractivity contribution in [2.45, 2.75) is 51.8 Å². The molecule has 1 fully saturated rings. The molecule has 0 unspecified atom stereocenters.